The number of ether oxygens (including phenoxy) is 1. The maximum absolute atomic E-state index is 11.1. The van der Waals surface area contributed by atoms with E-state index < -0.39 is 6.23 Å². The molecule has 1 aliphatic rings. The summed E-state index contributed by atoms with van der Waals surface area (Å²) in [6, 6.07) is 0. The summed E-state index contributed by atoms with van der Waals surface area (Å²) in [5.74, 6) is -0.214. The molecule has 0 radical (unpaired) electrons. The van der Waals surface area contributed by atoms with E-state index in [1.807, 2.05) is 4.90 Å². The van der Waals surface area contributed by atoms with E-state index in [9.17, 15) is 9.90 Å². The molecule has 4 heteroatoms. The number of esters is 1. The van der Waals surface area contributed by atoms with Crippen LogP contribution in [0.15, 0.2) is 0 Å². The van der Waals surface area contributed by atoms with Crippen molar-refractivity contribution in [3.8, 4) is 0 Å². The van der Waals surface area contributed by atoms with E-state index in [1.165, 1.54) is 6.42 Å². The van der Waals surface area contributed by atoms with Gasteiger partial charge in [-0.25, -0.2) is 0 Å². The van der Waals surface area contributed by atoms with E-state index in [2.05, 4.69) is 0 Å². The van der Waals surface area contributed by atoms with Crippen molar-refractivity contribution in [2.75, 3.05) is 19.7 Å². The van der Waals surface area contributed by atoms with E-state index >= 15 is 0 Å². The van der Waals surface area contributed by atoms with Crippen LogP contribution in [0.2, 0.25) is 0 Å². The van der Waals surface area contributed by atoms with E-state index in [-0.39, 0.29) is 5.97 Å². The number of hydrogen-bond acceptors (Lipinski definition) is 4. The Bertz CT molecular complexity index is 190. The van der Waals surface area contributed by atoms with Crippen LogP contribution >= 0.6 is 0 Å². The molecule has 15 heavy (non-hydrogen) atoms. The molecule has 1 N–H and O–H groups in total. The van der Waals surface area contributed by atoms with Gasteiger partial charge in [-0.1, -0.05) is 6.42 Å². The molecule has 0 saturated carbocycles. The molecular weight excluding hydrogens is 194 g/mol. The summed E-state index contributed by atoms with van der Waals surface area (Å²) in [6.45, 7) is 4.10. The van der Waals surface area contributed by atoms with Gasteiger partial charge < -0.3 is 9.84 Å². The van der Waals surface area contributed by atoms with Crippen molar-refractivity contribution in [3.63, 3.8) is 0 Å². The molecule has 88 valence electrons. The van der Waals surface area contributed by atoms with Gasteiger partial charge in [0.05, 0.1) is 6.61 Å². The summed E-state index contributed by atoms with van der Waals surface area (Å²) in [7, 11) is 0. The lowest BCUT2D eigenvalue weighted by Crippen LogP contribution is -2.39. The largest absolute Gasteiger partial charge is 0.466 e. The predicted molar refractivity (Wildman–Crippen MR) is 57.3 cm³/mol. The first-order valence-electron chi connectivity index (χ1n) is 5.81. The van der Waals surface area contributed by atoms with Crippen molar-refractivity contribution >= 4 is 5.97 Å². The van der Waals surface area contributed by atoms with Crippen LogP contribution in [-0.4, -0.2) is 41.9 Å². The van der Waals surface area contributed by atoms with Crippen LogP contribution in [0, 0.1) is 0 Å². The summed E-state index contributed by atoms with van der Waals surface area (Å²) in [5.41, 5.74) is 0. The van der Waals surface area contributed by atoms with E-state index in [4.69, 9.17) is 4.74 Å². The molecule has 1 heterocycles. The van der Waals surface area contributed by atoms with Crippen molar-refractivity contribution in [1.29, 1.82) is 0 Å². The zero-order chi connectivity index (χ0) is 11.1. The first-order chi connectivity index (χ1) is 7.24. The normalized spacial score (nSPS) is 19.9. The number of hydrogen-bond donors (Lipinski definition) is 1. The Morgan fingerprint density at radius 2 is 2.07 bits per heavy atom. The molecule has 0 aromatic carbocycles. The molecule has 1 atom stereocenters. The number of carbonyl (C=O) groups excluding carboxylic acids is 1. The lowest BCUT2D eigenvalue weighted by molar-refractivity contribution is -0.144. The number of aliphatic hydroxyl groups excluding tert-OH is 1. The van der Waals surface area contributed by atoms with Gasteiger partial charge in [0.1, 0.15) is 6.23 Å². The van der Waals surface area contributed by atoms with Crippen molar-refractivity contribution in [2.45, 2.75) is 45.3 Å². The standard InChI is InChI=1S/C11H21NO3/c1-2-15-11(14)7-6-10(13)12-8-4-3-5-9-12/h10,13H,2-9H2,1H3. The topological polar surface area (TPSA) is 49.8 Å². The highest BCUT2D eigenvalue weighted by Gasteiger charge is 2.18. The molecule has 1 aliphatic heterocycles. The fraction of sp³-hybridized carbons (Fsp3) is 0.909. The quantitative estimate of drug-likeness (QED) is 0.699. The maximum atomic E-state index is 11.1. The SMILES string of the molecule is CCOC(=O)CCC(O)N1CCCCC1. The minimum absolute atomic E-state index is 0.214. The van der Waals surface area contributed by atoms with Crippen molar-refractivity contribution in [3.05, 3.63) is 0 Å². The predicted octanol–water partition coefficient (Wildman–Crippen LogP) is 1.13. The van der Waals surface area contributed by atoms with Gasteiger partial charge in [-0.05, 0) is 26.2 Å². The van der Waals surface area contributed by atoms with Gasteiger partial charge in [0.15, 0.2) is 0 Å². The Balaban J connectivity index is 2.16. The molecule has 1 saturated heterocycles. The smallest absolute Gasteiger partial charge is 0.305 e. The molecule has 0 amide bonds. The summed E-state index contributed by atoms with van der Waals surface area (Å²) >= 11 is 0. The molecule has 0 bridgehead atoms. The fourth-order valence-corrected chi connectivity index (χ4v) is 1.88. The molecule has 0 aromatic heterocycles. The Labute approximate surface area is 91.2 Å². The number of aliphatic hydroxyl groups is 1. The highest BCUT2D eigenvalue weighted by atomic mass is 16.5. The van der Waals surface area contributed by atoms with Gasteiger partial charge >= 0.3 is 5.97 Å². The lowest BCUT2D eigenvalue weighted by Gasteiger charge is -2.30. The minimum Gasteiger partial charge on any atom is -0.466 e. The second kappa shape index (κ2) is 6.80. The highest BCUT2D eigenvalue weighted by Crippen LogP contribution is 2.13. The van der Waals surface area contributed by atoms with E-state index in [0.29, 0.717) is 19.4 Å². The Kier molecular flexibility index (Phi) is 5.65. The monoisotopic (exact) mass is 215 g/mol. The average Bonchev–Trinajstić information content (AvgIpc) is 2.27. The van der Waals surface area contributed by atoms with Crippen LogP contribution in [-0.2, 0) is 9.53 Å². The first-order valence-corrected chi connectivity index (χ1v) is 5.81. The van der Waals surface area contributed by atoms with Crippen LogP contribution in [0.25, 0.3) is 0 Å². The number of carbonyl (C=O) groups is 1. The summed E-state index contributed by atoms with van der Waals surface area (Å²) in [5, 5.41) is 9.81. The highest BCUT2D eigenvalue weighted by molar-refractivity contribution is 5.69. The third-order valence-electron chi connectivity index (χ3n) is 2.72. The number of likely N-dealkylation sites (tertiary alicyclic amines) is 1. The second-order valence-electron chi connectivity index (χ2n) is 3.92. The molecular formula is C11H21NO3. The summed E-state index contributed by atoms with van der Waals surface area (Å²) < 4.78 is 4.81. The van der Waals surface area contributed by atoms with Crippen LogP contribution < -0.4 is 0 Å². The molecule has 0 aliphatic carbocycles. The van der Waals surface area contributed by atoms with Crippen LogP contribution in [0.5, 0.6) is 0 Å². The zero-order valence-electron chi connectivity index (χ0n) is 9.45. The Morgan fingerprint density at radius 3 is 2.67 bits per heavy atom. The van der Waals surface area contributed by atoms with Crippen LogP contribution in [0.3, 0.4) is 0 Å². The van der Waals surface area contributed by atoms with Crippen molar-refractivity contribution < 1.29 is 14.6 Å². The van der Waals surface area contributed by atoms with Gasteiger partial charge in [0, 0.05) is 19.5 Å². The Morgan fingerprint density at radius 1 is 1.40 bits per heavy atom. The molecule has 1 fully saturated rings. The van der Waals surface area contributed by atoms with Gasteiger partial charge in [-0.15, -0.1) is 0 Å². The maximum Gasteiger partial charge on any atom is 0.305 e. The molecule has 4 nitrogen and oxygen atoms in total. The summed E-state index contributed by atoms with van der Waals surface area (Å²) in [4.78, 5) is 13.1. The molecule has 1 unspecified atom stereocenters. The lowest BCUT2D eigenvalue weighted by atomic mass is 10.1. The average molecular weight is 215 g/mol. The summed E-state index contributed by atoms with van der Waals surface area (Å²) in [6.07, 6.45) is 3.87. The number of nitrogens with zero attached hydrogens (tertiary/aromatic N) is 1. The third-order valence-corrected chi connectivity index (χ3v) is 2.72. The second-order valence-corrected chi connectivity index (χ2v) is 3.92. The van der Waals surface area contributed by atoms with Gasteiger partial charge in [0.2, 0.25) is 0 Å². The third kappa shape index (κ3) is 4.62. The fourth-order valence-electron chi connectivity index (χ4n) is 1.88. The van der Waals surface area contributed by atoms with E-state index in [0.717, 1.165) is 25.9 Å². The number of rotatable bonds is 5. The van der Waals surface area contributed by atoms with Crippen LogP contribution in [0.1, 0.15) is 39.0 Å². The minimum atomic E-state index is -0.477. The van der Waals surface area contributed by atoms with Crippen molar-refractivity contribution in [1.82, 2.24) is 4.90 Å². The number of piperidine rings is 1. The zero-order valence-corrected chi connectivity index (χ0v) is 9.45. The van der Waals surface area contributed by atoms with Crippen molar-refractivity contribution in [2.24, 2.45) is 0 Å². The first kappa shape index (κ1) is 12.5. The Hall–Kier alpha value is -0.610. The van der Waals surface area contributed by atoms with Gasteiger partial charge in [0.25, 0.3) is 0 Å². The van der Waals surface area contributed by atoms with Crippen LogP contribution in [0.4, 0.5) is 0 Å². The van der Waals surface area contributed by atoms with Gasteiger partial charge in [-0.3, -0.25) is 9.69 Å². The van der Waals surface area contributed by atoms with Gasteiger partial charge in [-0.2, -0.15) is 0 Å². The molecule has 0 aromatic rings. The van der Waals surface area contributed by atoms with E-state index in [1.54, 1.807) is 6.92 Å². The molecule has 1 rings (SSSR count). The molecule has 0 spiro atoms.